The molecule has 3 aromatic rings. The summed E-state index contributed by atoms with van der Waals surface area (Å²) in [5.74, 6) is -0.376. The molecule has 0 spiro atoms. The number of fused-ring (bicyclic) bond motifs is 1. The predicted molar refractivity (Wildman–Crippen MR) is 146 cm³/mol. The number of aromatic nitrogens is 2. The van der Waals surface area contributed by atoms with Crippen LogP contribution in [0.25, 0.3) is 16.8 Å². The van der Waals surface area contributed by atoms with Gasteiger partial charge in [-0.3, -0.25) is 14.2 Å². The monoisotopic (exact) mass is 552 g/mol. The van der Waals surface area contributed by atoms with E-state index in [-0.39, 0.29) is 42.2 Å². The molecule has 1 aromatic carbocycles. The third-order valence-corrected chi connectivity index (χ3v) is 6.80. The van der Waals surface area contributed by atoms with Gasteiger partial charge in [-0.15, -0.1) is 12.4 Å². The quantitative estimate of drug-likeness (QED) is 0.355. The Morgan fingerprint density at radius 1 is 1.05 bits per heavy atom. The molecule has 0 atom stereocenters. The largest absolute Gasteiger partial charge is 0.416 e. The highest BCUT2D eigenvalue weighted by molar-refractivity contribution is 5.85. The minimum atomic E-state index is -4.52. The summed E-state index contributed by atoms with van der Waals surface area (Å²) in [6, 6.07) is 6.55. The molecule has 0 unspecified atom stereocenters. The molecular formula is C28H36ClF3N4O2. The number of hydrogen-bond donors (Lipinski definition) is 1. The van der Waals surface area contributed by atoms with Gasteiger partial charge < -0.3 is 14.6 Å². The van der Waals surface area contributed by atoms with Crippen molar-refractivity contribution in [3.05, 3.63) is 64.2 Å². The number of carbonyl (C=O) groups is 1. The van der Waals surface area contributed by atoms with Crippen molar-refractivity contribution in [3.63, 3.8) is 0 Å². The van der Waals surface area contributed by atoms with Gasteiger partial charge in [-0.2, -0.15) is 13.2 Å². The highest BCUT2D eigenvalue weighted by Crippen LogP contribution is 2.32. The van der Waals surface area contributed by atoms with Crippen LogP contribution in [0.3, 0.4) is 0 Å². The molecule has 0 radical (unpaired) electrons. The Hall–Kier alpha value is -2.78. The number of rotatable bonds is 9. The Labute approximate surface area is 227 Å². The van der Waals surface area contributed by atoms with E-state index in [9.17, 15) is 22.8 Å². The van der Waals surface area contributed by atoms with Gasteiger partial charge in [-0.05, 0) is 89.3 Å². The van der Waals surface area contributed by atoms with Gasteiger partial charge in [-0.25, -0.2) is 0 Å². The van der Waals surface area contributed by atoms with Crippen molar-refractivity contribution in [2.24, 2.45) is 0 Å². The number of amides is 1. The summed E-state index contributed by atoms with van der Waals surface area (Å²) in [6.45, 7) is 6.74. The first-order valence-electron chi connectivity index (χ1n) is 13.1. The van der Waals surface area contributed by atoms with E-state index < -0.39 is 17.3 Å². The highest BCUT2D eigenvalue weighted by atomic mass is 35.5. The number of halogens is 4. The Bertz CT molecular complexity index is 1290. The number of carbonyl (C=O) groups excluding carboxylic acids is 1. The van der Waals surface area contributed by atoms with Crippen LogP contribution in [0.5, 0.6) is 0 Å². The van der Waals surface area contributed by atoms with E-state index in [2.05, 4.69) is 10.2 Å². The van der Waals surface area contributed by atoms with E-state index >= 15 is 0 Å². The van der Waals surface area contributed by atoms with Gasteiger partial charge in [0.25, 0.3) is 5.56 Å². The van der Waals surface area contributed by atoms with Crippen molar-refractivity contribution >= 4 is 23.8 Å². The number of alkyl halides is 3. The van der Waals surface area contributed by atoms with Gasteiger partial charge in [0, 0.05) is 24.0 Å². The van der Waals surface area contributed by atoms with Crippen LogP contribution in [0.15, 0.2) is 47.5 Å². The molecule has 4 rings (SSSR count). The zero-order chi connectivity index (χ0) is 26.6. The number of aryl methyl sites for hydroxylation is 1. The summed E-state index contributed by atoms with van der Waals surface area (Å²) >= 11 is 0. The third-order valence-electron chi connectivity index (χ3n) is 6.80. The molecule has 2 aromatic heterocycles. The Kier molecular flexibility index (Phi) is 10.1. The Morgan fingerprint density at radius 2 is 1.79 bits per heavy atom. The molecule has 38 heavy (non-hydrogen) atoms. The van der Waals surface area contributed by atoms with Crippen molar-refractivity contribution in [3.8, 4) is 11.3 Å². The topological polar surface area (TPSA) is 58.8 Å². The molecule has 1 amide bonds. The second-order valence-electron chi connectivity index (χ2n) is 10.2. The second kappa shape index (κ2) is 12.8. The molecule has 0 bridgehead atoms. The molecule has 3 heterocycles. The fraction of sp³-hybridized carbons (Fsp3) is 0.500. The van der Waals surface area contributed by atoms with Crippen LogP contribution in [0.2, 0.25) is 0 Å². The van der Waals surface area contributed by atoms with Crippen LogP contribution < -0.4 is 10.9 Å². The lowest BCUT2D eigenvalue weighted by atomic mass is 10.1. The van der Waals surface area contributed by atoms with E-state index in [0.29, 0.717) is 5.52 Å². The number of nitrogens with one attached hydrogen (secondary N) is 1. The van der Waals surface area contributed by atoms with Crippen LogP contribution in [0.1, 0.15) is 57.1 Å². The van der Waals surface area contributed by atoms with Crippen LogP contribution in [0.4, 0.5) is 13.2 Å². The summed E-state index contributed by atoms with van der Waals surface area (Å²) in [6.07, 6.45) is 5.70. The average molecular weight is 553 g/mol. The minimum absolute atomic E-state index is 0. The lowest BCUT2D eigenvalue weighted by Gasteiger charge is -2.26. The summed E-state index contributed by atoms with van der Waals surface area (Å²) in [5, 5.41) is 2.76. The zero-order valence-corrected chi connectivity index (χ0v) is 22.7. The molecule has 10 heteroatoms. The van der Waals surface area contributed by atoms with E-state index in [1.165, 1.54) is 49.1 Å². The van der Waals surface area contributed by atoms with Gasteiger partial charge >= 0.3 is 6.18 Å². The standard InChI is InChI=1S/C28H35F3N4O2.ClH/c1-20(2)32-26(36)19-35-25(22-10-8-11-23(16-22)28(29,30)31)18-34-17-21(15-24(34)27(35)37)9-4-7-14-33-12-5-3-6-13-33;/h8,10-11,15-18,20H,3-7,9,12-14,19H2,1-2H3,(H,32,36);1H. The maximum absolute atomic E-state index is 13.5. The van der Waals surface area contributed by atoms with Crippen LogP contribution in [-0.2, 0) is 23.9 Å². The second-order valence-corrected chi connectivity index (χ2v) is 10.2. The lowest BCUT2D eigenvalue weighted by Crippen LogP contribution is -2.36. The Morgan fingerprint density at radius 3 is 2.47 bits per heavy atom. The fourth-order valence-corrected chi connectivity index (χ4v) is 5.00. The van der Waals surface area contributed by atoms with Gasteiger partial charge in [0.15, 0.2) is 0 Å². The third kappa shape index (κ3) is 7.41. The first-order valence-corrected chi connectivity index (χ1v) is 13.1. The summed E-state index contributed by atoms with van der Waals surface area (Å²) in [5.41, 5.74) is 0.665. The zero-order valence-electron chi connectivity index (χ0n) is 21.9. The minimum Gasteiger partial charge on any atom is -0.352 e. The molecule has 0 saturated carbocycles. The summed E-state index contributed by atoms with van der Waals surface area (Å²) in [4.78, 5) is 28.6. The average Bonchev–Trinajstić information content (AvgIpc) is 3.26. The van der Waals surface area contributed by atoms with Gasteiger partial charge in [-0.1, -0.05) is 18.6 Å². The summed E-state index contributed by atoms with van der Waals surface area (Å²) in [7, 11) is 0. The number of benzene rings is 1. The van der Waals surface area contributed by atoms with Crippen LogP contribution >= 0.6 is 12.4 Å². The number of piperidine rings is 1. The smallest absolute Gasteiger partial charge is 0.352 e. The lowest BCUT2D eigenvalue weighted by molar-refractivity contribution is -0.137. The maximum atomic E-state index is 13.5. The molecular weight excluding hydrogens is 517 g/mol. The molecule has 1 aliphatic rings. The van der Waals surface area contributed by atoms with Gasteiger partial charge in [0.05, 0.1) is 11.3 Å². The number of hydrogen-bond acceptors (Lipinski definition) is 3. The first kappa shape index (κ1) is 29.8. The van der Waals surface area contributed by atoms with Crippen molar-refractivity contribution in [2.45, 2.75) is 71.1 Å². The molecule has 1 fully saturated rings. The van der Waals surface area contributed by atoms with E-state index in [4.69, 9.17) is 0 Å². The van der Waals surface area contributed by atoms with Crippen molar-refractivity contribution in [1.29, 1.82) is 0 Å². The van der Waals surface area contributed by atoms with Gasteiger partial charge in [0.2, 0.25) is 5.91 Å². The van der Waals surface area contributed by atoms with E-state index in [1.807, 2.05) is 26.1 Å². The maximum Gasteiger partial charge on any atom is 0.416 e. The number of unbranched alkanes of at least 4 members (excludes halogenated alkanes) is 1. The van der Waals surface area contributed by atoms with Crippen LogP contribution in [-0.4, -0.2) is 45.5 Å². The molecule has 1 saturated heterocycles. The van der Waals surface area contributed by atoms with Gasteiger partial charge in [0.1, 0.15) is 12.1 Å². The molecule has 0 aliphatic carbocycles. The fourth-order valence-electron chi connectivity index (χ4n) is 5.00. The number of nitrogens with zero attached hydrogens (tertiary/aromatic N) is 3. The van der Waals surface area contributed by atoms with Crippen molar-refractivity contribution < 1.29 is 18.0 Å². The predicted octanol–water partition coefficient (Wildman–Crippen LogP) is 5.54. The molecule has 1 N–H and O–H groups in total. The first-order chi connectivity index (χ1) is 17.6. The normalized spacial score (nSPS) is 14.6. The van der Waals surface area contributed by atoms with Crippen molar-refractivity contribution in [2.75, 3.05) is 19.6 Å². The van der Waals surface area contributed by atoms with Crippen LogP contribution in [0, 0.1) is 0 Å². The van der Waals surface area contributed by atoms with E-state index in [0.717, 1.165) is 43.5 Å². The van der Waals surface area contributed by atoms with Crippen molar-refractivity contribution in [1.82, 2.24) is 19.2 Å². The Balaban J connectivity index is 0.00000400. The molecule has 208 valence electrons. The molecule has 6 nitrogen and oxygen atoms in total. The number of likely N-dealkylation sites (tertiary alicyclic amines) is 1. The van der Waals surface area contributed by atoms with E-state index in [1.54, 1.807) is 10.6 Å². The molecule has 1 aliphatic heterocycles. The summed E-state index contributed by atoms with van der Waals surface area (Å²) < 4.78 is 43.1. The SMILES string of the molecule is CC(C)NC(=O)Cn1c(-c2cccc(C(F)(F)F)c2)cn2cc(CCCCN3CCCCC3)cc2c1=O.Cl. The highest BCUT2D eigenvalue weighted by Gasteiger charge is 2.31.